The van der Waals surface area contributed by atoms with Crippen molar-refractivity contribution in [3.05, 3.63) is 29.8 Å². The van der Waals surface area contributed by atoms with Crippen molar-refractivity contribution in [1.82, 2.24) is 0 Å². The van der Waals surface area contributed by atoms with Gasteiger partial charge in [0.15, 0.2) is 0 Å². The van der Waals surface area contributed by atoms with Gasteiger partial charge in [-0.15, -0.1) is 0 Å². The normalized spacial score (nSPS) is 10.6. The molecule has 0 N–H and O–H groups in total. The molecule has 78 valence electrons. The molecule has 0 heterocycles. The van der Waals surface area contributed by atoms with Gasteiger partial charge in [0.25, 0.3) is 0 Å². The largest absolute Gasteiger partial charge is 0.497 e. The number of hydrogen-bond donors (Lipinski definition) is 0. The van der Waals surface area contributed by atoms with E-state index in [9.17, 15) is 0 Å². The minimum atomic E-state index is 0.313. The van der Waals surface area contributed by atoms with E-state index in [4.69, 9.17) is 9.47 Å². The molecule has 0 amide bonds. The molecule has 0 aliphatic carbocycles. The van der Waals surface area contributed by atoms with Crippen LogP contribution >= 0.6 is 0 Å². The van der Waals surface area contributed by atoms with Crippen molar-refractivity contribution in [2.75, 3.05) is 13.7 Å². The molecule has 0 aliphatic rings. The van der Waals surface area contributed by atoms with E-state index in [1.807, 2.05) is 26.0 Å². The van der Waals surface area contributed by atoms with Crippen LogP contribution < -0.4 is 4.74 Å². The molecule has 0 unspecified atom stereocenters. The van der Waals surface area contributed by atoms with Crippen molar-refractivity contribution in [1.29, 1.82) is 0 Å². The van der Waals surface area contributed by atoms with Crippen molar-refractivity contribution in [2.24, 2.45) is 0 Å². The predicted molar refractivity (Wildman–Crippen MR) is 57.8 cm³/mol. The topological polar surface area (TPSA) is 18.5 Å². The van der Waals surface area contributed by atoms with Gasteiger partial charge in [-0.1, -0.05) is 12.1 Å². The van der Waals surface area contributed by atoms with Crippen molar-refractivity contribution < 1.29 is 9.47 Å². The van der Waals surface area contributed by atoms with Crippen molar-refractivity contribution in [3.63, 3.8) is 0 Å². The summed E-state index contributed by atoms with van der Waals surface area (Å²) in [5, 5.41) is 0. The highest BCUT2D eigenvalue weighted by Crippen LogP contribution is 2.11. The van der Waals surface area contributed by atoms with Gasteiger partial charge in [0.05, 0.1) is 19.8 Å². The van der Waals surface area contributed by atoms with Gasteiger partial charge in [-0.2, -0.15) is 0 Å². The molecule has 0 aliphatic heterocycles. The van der Waals surface area contributed by atoms with Crippen molar-refractivity contribution >= 4 is 0 Å². The maximum atomic E-state index is 5.47. The molecule has 0 saturated heterocycles. The standard InChI is InChI=1S/C12H18O2/c1-10(2)14-9-8-11-4-6-12(13-3)7-5-11/h4-7,10H,8-9H2,1-3H3. The van der Waals surface area contributed by atoms with Gasteiger partial charge in [0.2, 0.25) is 0 Å². The predicted octanol–water partition coefficient (Wildman–Crippen LogP) is 2.66. The molecule has 0 spiro atoms. The molecule has 14 heavy (non-hydrogen) atoms. The summed E-state index contributed by atoms with van der Waals surface area (Å²) < 4.78 is 10.6. The number of hydrogen-bond acceptors (Lipinski definition) is 2. The van der Waals surface area contributed by atoms with E-state index in [-0.39, 0.29) is 0 Å². The van der Waals surface area contributed by atoms with Crippen LogP contribution in [-0.2, 0) is 11.2 Å². The van der Waals surface area contributed by atoms with Gasteiger partial charge in [-0.05, 0) is 38.0 Å². The third-order valence-corrected chi connectivity index (χ3v) is 2.00. The Morgan fingerprint density at radius 2 is 1.79 bits per heavy atom. The summed E-state index contributed by atoms with van der Waals surface area (Å²) >= 11 is 0. The van der Waals surface area contributed by atoms with E-state index in [0.717, 1.165) is 18.8 Å². The number of rotatable bonds is 5. The lowest BCUT2D eigenvalue weighted by Crippen LogP contribution is -2.05. The minimum absolute atomic E-state index is 0.313. The van der Waals surface area contributed by atoms with E-state index in [1.165, 1.54) is 5.56 Å². The summed E-state index contributed by atoms with van der Waals surface area (Å²) in [5.41, 5.74) is 1.28. The molecule has 0 bridgehead atoms. The second-order valence-electron chi connectivity index (χ2n) is 3.52. The zero-order valence-electron chi connectivity index (χ0n) is 9.12. The molecular formula is C12H18O2. The molecule has 1 aromatic rings. The van der Waals surface area contributed by atoms with Crippen LogP contribution in [0.25, 0.3) is 0 Å². The Hall–Kier alpha value is -1.02. The Morgan fingerprint density at radius 1 is 1.14 bits per heavy atom. The average Bonchev–Trinajstić information content (AvgIpc) is 2.18. The molecule has 0 saturated carbocycles. The van der Waals surface area contributed by atoms with Crippen LogP contribution in [0.15, 0.2) is 24.3 Å². The van der Waals surface area contributed by atoms with Gasteiger partial charge in [0.1, 0.15) is 5.75 Å². The quantitative estimate of drug-likeness (QED) is 0.717. The first-order chi connectivity index (χ1) is 6.72. The van der Waals surface area contributed by atoms with Crippen LogP contribution in [0.2, 0.25) is 0 Å². The minimum Gasteiger partial charge on any atom is -0.497 e. The molecule has 1 rings (SSSR count). The van der Waals surface area contributed by atoms with Gasteiger partial charge in [0, 0.05) is 0 Å². The van der Waals surface area contributed by atoms with Crippen LogP contribution in [0.3, 0.4) is 0 Å². The van der Waals surface area contributed by atoms with E-state index in [1.54, 1.807) is 7.11 Å². The fourth-order valence-electron chi connectivity index (χ4n) is 1.20. The highest BCUT2D eigenvalue weighted by atomic mass is 16.5. The second-order valence-corrected chi connectivity index (χ2v) is 3.52. The molecule has 2 heteroatoms. The third-order valence-electron chi connectivity index (χ3n) is 2.00. The molecular weight excluding hydrogens is 176 g/mol. The Morgan fingerprint density at radius 3 is 2.29 bits per heavy atom. The zero-order valence-corrected chi connectivity index (χ0v) is 9.12. The number of benzene rings is 1. The Balaban J connectivity index is 2.36. The number of methoxy groups -OCH3 is 1. The molecule has 2 nitrogen and oxygen atoms in total. The molecule has 0 aromatic heterocycles. The molecule has 0 atom stereocenters. The maximum Gasteiger partial charge on any atom is 0.118 e. The third kappa shape index (κ3) is 3.79. The van der Waals surface area contributed by atoms with Crippen LogP contribution in [0.1, 0.15) is 19.4 Å². The summed E-state index contributed by atoms with van der Waals surface area (Å²) in [7, 11) is 1.68. The first kappa shape index (κ1) is 11.1. The lowest BCUT2D eigenvalue weighted by molar-refractivity contribution is 0.0813. The van der Waals surface area contributed by atoms with Gasteiger partial charge in [-0.3, -0.25) is 0 Å². The monoisotopic (exact) mass is 194 g/mol. The van der Waals surface area contributed by atoms with E-state index >= 15 is 0 Å². The molecule has 1 aromatic carbocycles. The Kier molecular flexibility index (Phi) is 4.47. The van der Waals surface area contributed by atoms with E-state index in [2.05, 4.69) is 12.1 Å². The lowest BCUT2D eigenvalue weighted by Gasteiger charge is -2.07. The number of ether oxygens (including phenoxy) is 2. The first-order valence-electron chi connectivity index (χ1n) is 4.97. The summed E-state index contributed by atoms with van der Waals surface area (Å²) in [6, 6.07) is 8.10. The SMILES string of the molecule is COc1ccc(CCOC(C)C)cc1. The van der Waals surface area contributed by atoms with Gasteiger partial charge < -0.3 is 9.47 Å². The van der Waals surface area contributed by atoms with E-state index in [0.29, 0.717) is 6.10 Å². The Bertz CT molecular complexity index is 252. The van der Waals surface area contributed by atoms with Crippen molar-refractivity contribution in [2.45, 2.75) is 26.4 Å². The van der Waals surface area contributed by atoms with Gasteiger partial charge in [-0.25, -0.2) is 0 Å². The lowest BCUT2D eigenvalue weighted by atomic mass is 10.1. The fourth-order valence-corrected chi connectivity index (χ4v) is 1.20. The zero-order chi connectivity index (χ0) is 10.4. The summed E-state index contributed by atoms with van der Waals surface area (Å²) in [6.07, 6.45) is 1.27. The fraction of sp³-hybridized carbons (Fsp3) is 0.500. The molecule has 0 fully saturated rings. The van der Waals surface area contributed by atoms with Crippen LogP contribution in [0, 0.1) is 0 Å². The average molecular weight is 194 g/mol. The molecule has 0 radical (unpaired) electrons. The van der Waals surface area contributed by atoms with Crippen LogP contribution in [0.4, 0.5) is 0 Å². The highest BCUT2D eigenvalue weighted by molar-refractivity contribution is 5.27. The van der Waals surface area contributed by atoms with Gasteiger partial charge >= 0.3 is 0 Å². The van der Waals surface area contributed by atoms with Crippen LogP contribution in [0.5, 0.6) is 5.75 Å². The summed E-state index contributed by atoms with van der Waals surface area (Å²) in [4.78, 5) is 0. The smallest absolute Gasteiger partial charge is 0.118 e. The van der Waals surface area contributed by atoms with Crippen LogP contribution in [-0.4, -0.2) is 19.8 Å². The van der Waals surface area contributed by atoms with E-state index < -0.39 is 0 Å². The second kappa shape index (κ2) is 5.66. The highest BCUT2D eigenvalue weighted by Gasteiger charge is 1.96. The maximum absolute atomic E-state index is 5.47. The Labute approximate surface area is 85.8 Å². The summed E-state index contributed by atoms with van der Waals surface area (Å²) in [5.74, 6) is 0.901. The summed E-state index contributed by atoms with van der Waals surface area (Å²) in [6.45, 7) is 4.88. The van der Waals surface area contributed by atoms with Crippen molar-refractivity contribution in [3.8, 4) is 5.75 Å². The first-order valence-corrected chi connectivity index (χ1v) is 4.97.